The van der Waals surface area contributed by atoms with E-state index in [0.29, 0.717) is 11.1 Å². The third-order valence-corrected chi connectivity index (χ3v) is 4.39. The van der Waals surface area contributed by atoms with Crippen LogP contribution >= 0.6 is 0 Å². The van der Waals surface area contributed by atoms with Gasteiger partial charge in [-0.25, -0.2) is 0 Å². The predicted octanol–water partition coefficient (Wildman–Crippen LogP) is 2.72. The van der Waals surface area contributed by atoms with Crippen molar-refractivity contribution in [1.29, 1.82) is 0 Å². The first-order valence-electron chi connectivity index (χ1n) is 8.52. The highest BCUT2D eigenvalue weighted by Gasteiger charge is 2.36. The van der Waals surface area contributed by atoms with Crippen LogP contribution in [0.25, 0.3) is 5.76 Å². The molecule has 140 valence electrons. The summed E-state index contributed by atoms with van der Waals surface area (Å²) in [5, 5.41) is 13.0. The molecule has 2 rings (SSSR count). The number of carbonyl (C=O) groups excluding carboxylic acids is 3. The molecule has 0 aromatic heterocycles. The van der Waals surface area contributed by atoms with Crippen molar-refractivity contribution in [3.05, 3.63) is 40.0 Å². The molecular formula is C20H25NO5. The van der Waals surface area contributed by atoms with Crippen LogP contribution in [-0.4, -0.2) is 34.9 Å². The summed E-state index contributed by atoms with van der Waals surface area (Å²) in [4.78, 5) is 36.9. The first-order chi connectivity index (χ1) is 11.9. The second kappa shape index (κ2) is 6.94. The number of hydrogen-bond acceptors (Lipinski definition) is 5. The Balaban J connectivity index is 2.32. The number of rotatable bonds is 3. The molecule has 0 spiro atoms. The van der Waals surface area contributed by atoms with Gasteiger partial charge in [-0.05, 0) is 51.3 Å². The Morgan fingerprint density at radius 1 is 1.23 bits per heavy atom. The molecule has 0 fully saturated rings. The molecule has 6 nitrogen and oxygen atoms in total. The van der Waals surface area contributed by atoms with Gasteiger partial charge in [-0.15, -0.1) is 0 Å². The van der Waals surface area contributed by atoms with Crippen LogP contribution in [0.15, 0.2) is 17.7 Å². The quantitative estimate of drug-likeness (QED) is 0.639. The molecule has 1 atom stereocenters. The Hall–Kier alpha value is -2.63. The molecule has 0 radical (unpaired) electrons. The minimum absolute atomic E-state index is 0.317. The van der Waals surface area contributed by atoms with Gasteiger partial charge in [0.2, 0.25) is 0 Å². The van der Waals surface area contributed by atoms with Crippen molar-refractivity contribution < 1.29 is 24.2 Å². The van der Waals surface area contributed by atoms with Crippen LogP contribution in [0.1, 0.15) is 55.9 Å². The van der Waals surface area contributed by atoms with Gasteiger partial charge in [-0.1, -0.05) is 19.1 Å². The lowest BCUT2D eigenvalue weighted by atomic mass is 9.79. The van der Waals surface area contributed by atoms with Crippen molar-refractivity contribution in [2.24, 2.45) is 0 Å². The minimum Gasteiger partial charge on any atom is -0.506 e. The maximum atomic E-state index is 12.6. The molecule has 0 aliphatic heterocycles. The summed E-state index contributed by atoms with van der Waals surface area (Å²) in [6.45, 7) is 10.2. The Labute approximate surface area is 153 Å². The Kier molecular flexibility index (Phi) is 5.26. The van der Waals surface area contributed by atoms with E-state index in [-0.39, 0.29) is 17.9 Å². The van der Waals surface area contributed by atoms with Gasteiger partial charge in [0.25, 0.3) is 5.91 Å². The standard InChI is InChI=1S/C20H25NO5/c1-10-7-8-13-12(3)17(23)16(18(24)15(13)11(10)2)19(25)21-9-14(22)26-20(4,5)6/h7-8,12,24H,9H2,1-6H3,(H,21,25). The number of benzene rings is 1. The molecule has 2 N–H and O–H groups in total. The fourth-order valence-corrected chi connectivity index (χ4v) is 2.95. The fraction of sp³-hybridized carbons (Fsp3) is 0.450. The summed E-state index contributed by atoms with van der Waals surface area (Å²) in [7, 11) is 0. The van der Waals surface area contributed by atoms with Crippen LogP contribution in [0.2, 0.25) is 0 Å². The average Bonchev–Trinajstić information content (AvgIpc) is 2.52. The number of amides is 1. The van der Waals surface area contributed by atoms with E-state index >= 15 is 0 Å². The first-order valence-corrected chi connectivity index (χ1v) is 8.52. The molecule has 6 heteroatoms. The number of esters is 1. The van der Waals surface area contributed by atoms with Gasteiger partial charge in [-0.3, -0.25) is 14.4 Å². The number of nitrogens with one attached hydrogen (secondary N) is 1. The van der Waals surface area contributed by atoms with Gasteiger partial charge in [0.05, 0.1) is 0 Å². The van der Waals surface area contributed by atoms with Crippen molar-refractivity contribution >= 4 is 23.4 Å². The number of aryl methyl sites for hydroxylation is 1. The van der Waals surface area contributed by atoms with Crippen LogP contribution in [0.4, 0.5) is 0 Å². The summed E-state index contributed by atoms with van der Waals surface area (Å²) < 4.78 is 5.12. The van der Waals surface area contributed by atoms with E-state index in [9.17, 15) is 19.5 Å². The van der Waals surface area contributed by atoms with Crippen LogP contribution < -0.4 is 5.32 Å². The van der Waals surface area contributed by atoms with Crippen molar-refractivity contribution in [2.45, 2.75) is 53.1 Å². The van der Waals surface area contributed by atoms with Crippen molar-refractivity contribution in [2.75, 3.05) is 6.54 Å². The van der Waals surface area contributed by atoms with E-state index in [1.54, 1.807) is 33.8 Å². The molecular weight excluding hydrogens is 334 g/mol. The second-order valence-electron chi connectivity index (χ2n) is 7.55. The molecule has 0 saturated heterocycles. The third kappa shape index (κ3) is 3.79. The smallest absolute Gasteiger partial charge is 0.325 e. The van der Waals surface area contributed by atoms with Crippen LogP contribution in [0.3, 0.4) is 0 Å². The average molecular weight is 359 g/mol. The number of hydrogen-bond donors (Lipinski definition) is 2. The first kappa shape index (κ1) is 19.7. The minimum atomic E-state index is -0.781. The highest BCUT2D eigenvalue weighted by Crippen LogP contribution is 2.37. The molecule has 0 heterocycles. The molecule has 1 aliphatic carbocycles. The van der Waals surface area contributed by atoms with Crippen molar-refractivity contribution in [1.82, 2.24) is 5.32 Å². The monoisotopic (exact) mass is 359 g/mol. The molecule has 1 aromatic carbocycles. The van der Waals surface area contributed by atoms with Crippen molar-refractivity contribution in [3.63, 3.8) is 0 Å². The predicted molar refractivity (Wildman–Crippen MR) is 97.7 cm³/mol. The summed E-state index contributed by atoms with van der Waals surface area (Å²) >= 11 is 0. The zero-order valence-electron chi connectivity index (χ0n) is 16.0. The van der Waals surface area contributed by atoms with E-state index in [2.05, 4.69) is 5.32 Å². The Morgan fingerprint density at radius 3 is 2.42 bits per heavy atom. The molecule has 1 amide bonds. The van der Waals surface area contributed by atoms with Gasteiger partial charge in [-0.2, -0.15) is 0 Å². The Bertz CT molecular complexity index is 814. The zero-order valence-corrected chi connectivity index (χ0v) is 16.0. The third-order valence-electron chi connectivity index (χ3n) is 4.39. The molecule has 26 heavy (non-hydrogen) atoms. The molecule has 1 aliphatic rings. The molecule has 1 unspecified atom stereocenters. The second-order valence-corrected chi connectivity index (χ2v) is 7.55. The number of aliphatic hydroxyl groups is 1. The number of carbonyl (C=O) groups is 3. The maximum absolute atomic E-state index is 12.6. The van der Waals surface area contributed by atoms with Gasteiger partial charge in [0.1, 0.15) is 23.5 Å². The lowest BCUT2D eigenvalue weighted by molar-refractivity contribution is -0.154. The lowest BCUT2D eigenvalue weighted by Gasteiger charge is -2.26. The number of ketones is 1. The fourth-order valence-electron chi connectivity index (χ4n) is 2.95. The van der Waals surface area contributed by atoms with E-state index in [0.717, 1.165) is 11.1 Å². The van der Waals surface area contributed by atoms with Crippen molar-refractivity contribution in [3.8, 4) is 0 Å². The normalized spacial score (nSPS) is 17.0. The number of ether oxygens (including phenoxy) is 1. The maximum Gasteiger partial charge on any atom is 0.325 e. The van der Waals surface area contributed by atoms with Crippen LogP contribution in [0.5, 0.6) is 0 Å². The highest BCUT2D eigenvalue weighted by atomic mass is 16.6. The SMILES string of the molecule is Cc1ccc2c(c1C)C(O)=C(C(=O)NCC(=O)OC(C)(C)C)C(=O)C2C. The van der Waals surface area contributed by atoms with Gasteiger partial charge in [0.15, 0.2) is 5.78 Å². The number of fused-ring (bicyclic) bond motifs is 1. The lowest BCUT2D eigenvalue weighted by Crippen LogP contribution is -2.38. The summed E-state index contributed by atoms with van der Waals surface area (Å²) in [5.41, 5.74) is 1.98. The van der Waals surface area contributed by atoms with Crippen LogP contribution in [-0.2, 0) is 19.1 Å². The molecule has 1 aromatic rings. The number of Topliss-reactive ketones (excluding diaryl/α,β-unsaturated/α-hetero) is 1. The Morgan fingerprint density at radius 2 is 1.85 bits per heavy atom. The summed E-state index contributed by atoms with van der Waals surface area (Å²) in [5.74, 6) is -2.76. The highest BCUT2D eigenvalue weighted by molar-refractivity contribution is 6.27. The molecule has 0 saturated carbocycles. The van der Waals surface area contributed by atoms with E-state index in [1.807, 2.05) is 19.9 Å². The topological polar surface area (TPSA) is 92.7 Å². The number of aliphatic hydroxyl groups excluding tert-OH is 1. The van der Waals surface area contributed by atoms with E-state index < -0.39 is 29.2 Å². The summed E-state index contributed by atoms with van der Waals surface area (Å²) in [6, 6.07) is 3.69. The summed E-state index contributed by atoms with van der Waals surface area (Å²) in [6.07, 6.45) is 0. The van der Waals surface area contributed by atoms with E-state index in [4.69, 9.17) is 4.74 Å². The van der Waals surface area contributed by atoms with Gasteiger partial charge < -0.3 is 15.2 Å². The largest absolute Gasteiger partial charge is 0.506 e. The van der Waals surface area contributed by atoms with Crippen LogP contribution in [0, 0.1) is 13.8 Å². The van der Waals surface area contributed by atoms with E-state index in [1.165, 1.54) is 0 Å². The molecule has 0 bridgehead atoms. The van der Waals surface area contributed by atoms with Gasteiger partial charge in [0, 0.05) is 11.5 Å². The zero-order chi connectivity index (χ0) is 19.8. The van der Waals surface area contributed by atoms with Gasteiger partial charge >= 0.3 is 5.97 Å².